The van der Waals surface area contributed by atoms with E-state index in [1.165, 1.54) is 0 Å². The second-order valence-electron chi connectivity index (χ2n) is 4.92. The lowest BCUT2D eigenvalue weighted by atomic mass is 10.1. The molecule has 0 bridgehead atoms. The van der Waals surface area contributed by atoms with Crippen molar-refractivity contribution in [3.63, 3.8) is 0 Å². The molecule has 96 valence electrons. The standard InChI is InChI=1S/C14H16ClNO2/c1-2-16(11-4-5-11)14(17)13-8-9-7-10(15)3-6-12(9)18-13/h3,6-7,11,13H,2,4-5,8H2,1H3/t13-/m1/s1. The summed E-state index contributed by atoms with van der Waals surface area (Å²) in [4.78, 5) is 14.3. The van der Waals surface area contributed by atoms with Gasteiger partial charge in [0.05, 0.1) is 0 Å². The fourth-order valence-corrected chi connectivity index (χ4v) is 2.71. The van der Waals surface area contributed by atoms with Gasteiger partial charge >= 0.3 is 0 Å². The number of benzene rings is 1. The van der Waals surface area contributed by atoms with Gasteiger partial charge < -0.3 is 9.64 Å². The molecule has 1 saturated carbocycles. The van der Waals surface area contributed by atoms with Gasteiger partial charge in [-0.2, -0.15) is 0 Å². The zero-order valence-electron chi connectivity index (χ0n) is 10.4. The van der Waals surface area contributed by atoms with Gasteiger partial charge in [-0.05, 0) is 43.5 Å². The van der Waals surface area contributed by atoms with Gasteiger partial charge in [0.2, 0.25) is 0 Å². The van der Waals surface area contributed by atoms with Gasteiger partial charge in [-0.25, -0.2) is 0 Å². The first-order chi connectivity index (χ1) is 8.69. The molecule has 1 amide bonds. The van der Waals surface area contributed by atoms with Crippen molar-refractivity contribution in [1.29, 1.82) is 0 Å². The van der Waals surface area contributed by atoms with Crippen molar-refractivity contribution in [2.75, 3.05) is 6.54 Å². The van der Waals surface area contributed by atoms with Crippen LogP contribution in [0.5, 0.6) is 5.75 Å². The number of carbonyl (C=O) groups is 1. The SMILES string of the molecule is CCN(C(=O)[C@H]1Cc2cc(Cl)ccc2O1)C1CC1. The van der Waals surface area contributed by atoms with E-state index in [2.05, 4.69) is 0 Å². The van der Waals surface area contributed by atoms with Crippen LogP contribution in [0.15, 0.2) is 18.2 Å². The van der Waals surface area contributed by atoms with E-state index in [1.54, 1.807) is 6.07 Å². The van der Waals surface area contributed by atoms with Crippen LogP contribution in [0.1, 0.15) is 25.3 Å². The highest BCUT2D eigenvalue weighted by atomic mass is 35.5. The van der Waals surface area contributed by atoms with E-state index in [0.29, 0.717) is 17.5 Å². The highest BCUT2D eigenvalue weighted by Gasteiger charge is 2.38. The van der Waals surface area contributed by atoms with E-state index < -0.39 is 0 Å². The summed E-state index contributed by atoms with van der Waals surface area (Å²) in [7, 11) is 0. The Bertz CT molecular complexity index is 485. The molecule has 0 radical (unpaired) electrons. The number of rotatable bonds is 3. The molecule has 3 rings (SSSR count). The summed E-state index contributed by atoms with van der Waals surface area (Å²) in [6.45, 7) is 2.79. The summed E-state index contributed by atoms with van der Waals surface area (Å²) in [5.41, 5.74) is 1.03. The topological polar surface area (TPSA) is 29.5 Å². The lowest BCUT2D eigenvalue weighted by molar-refractivity contribution is -0.138. The molecule has 0 saturated heterocycles. The Morgan fingerprint density at radius 1 is 1.50 bits per heavy atom. The maximum Gasteiger partial charge on any atom is 0.264 e. The third-order valence-corrected chi connectivity index (χ3v) is 3.82. The molecule has 1 fully saturated rings. The van der Waals surface area contributed by atoms with E-state index in [-0.39, 0.29) is 12.0 Å². The molecule has 1 heterocycles. The maximum absolute atomic E-state index is 12.4. The van der Waals surface area contributed by atoms with Gasteiger partial charge in [0.15, 0.2) is 6.10 Å². The minimum Gasteiger partial charge on any atom is -0.480 e. The Kier molecular flexibility index (Phi) is 2.94. The lowest BCUT2D eigenvalue weighted by Crippen LogP contribution is -2.42. The van der Waals surface area contributed by atoms with E-state index in [0.717, 1.165) is 30.7 Å². The Balaban J connectivity index is 1.74. The number of amides is 1. The van der Waals surface area contributed by atoms with Gasteiger partial charge in [-0.1, -0.05) is 11.6 Å². The summed E-state index contributed by atoms with van der Waals surface area (Å²) >= 11 is 5.95. The van der Waals surface area contributed by atoms with E-state index in [9.17, 15) is 4.79 Å². The largest absolute Gasteiger partial charge is 0.480 e. The van der Waals surface area contributed by atoms with Crippen LogP contribution in [-0.4, -0.2) is 29.5 Å². The van der Waals surface area contributed by atoms with Gasteiger partial charge in [-0.3, -0.25) is 4.79 Å². The van der Waals surface area contributed by atoms with Crippen LogP contribution in [0.2, 0.25) is 5.02 Å². The predicted molar refractivity (Wildman–Crippen MR) is 70.0 cm³/mol. The van der Waals surface area contributed by atoms with Crippen molar-refractivity contribution in [2.24, 2.45) is 0 Å². The molecule has 2 aliphatic rings. The van der Waals surface area contributed by atoms with Crippen LogP contribution >= 0.6 is 11.6 Å². The molecule has 1 atom stereocenters. The summed E-state index contributed by atoms with van der Waals surface area (Å²) in [5.74, 6) is 0.914. The first kappa shape index (κ1) is 11.8. The Hall–Kier alpha value is -1.22. The lowest BCUT2D eigenvalue weighted by Gasteiger charge is -2.23. The molecule has 1 aliphatic heterocycles. The molecule has 1 aromatic carbocycles. The van der Waals surface area contributed by atoms with Gasteiger partial charge in [0.25, 0.3) is 5.91 Å². The van der Waals surface area contributed by atoms with Crippen LogP contribution in [0, 0.1) is 0 Å². The summed E-state index contributed by atoms with van der Waals surface area (Å²) in [6.07, 6.45) is 2.53. The van der Waals surface area contributed by atoms with Crippen LogP contribution in [0.4, 0.5) is 0 Å². The third kappa shape index (κ3) is 2.07. The van der Waals surface area contributed by atoms with Gasteiger partial charge in [0, 0.05) is 24.0 Å². The molecule has 4 heteroatoms. The first-order valence-electron chi connectivity index (χ1n) is 6.44. The quantitative estimate of drug-likeness (QED) is 0.841. The highest BCUT2D eigenvalue weighted by molar-refractivity contribution is 6.30. The molecule has 0 spiro atoms. The van der Waals surface area contributed by atoms with E-state index in [1.807, 2.05) is 24.0 Å². The Morgan fingerprint density at radius 2 is 2.28 bits per heavy atom. The minimum atomic E-state index is -0.362. The average molecular weight is 266 g/mol. The van der Waals surface area contributed by atoms with Crippen LogP contribution in [0.25, 0.3) is 0 Å². The number of hydrogen-bond acceptors (Lipinski definition) is 2. The van der Waals surface area contributed by atoms with Gasteiger partial charge in [0.1, 0.15) is 5.75 Å². The number of nitrogens with zero attached hydrogens (tertiary/aromatic N) is 1. The molecule has 0 unspecified atom stereocenters. The zero-order chi connectivity index (χ0) is 12.7. The zero-order valence-corrected chi connectivity index (χ0v) is 11.1. The van der Waals surface area contributed by atoms with Crippen molar-refractivity contribution in [3.8, 4) is 5.75 Å². The number of carbonyl (C=O) groups excluding carboxylic acids is 1. The fraction of sp³-hybridized carbons (Fsp3) is 0.500. The Morgan fingerprint density at radius 3 is 2.94 bits per heavy atom. The fourth-order valence-electron chi connectivity index (χ4n) is 2.52. The van der Waals surface area contributed by atoms with E-state index >= 15 is 0 Å². The van der Waals surface area contributed by atoms with Crippen LogP contribution < -0.4 is 4.74 Å². The summed E-state index contributed by atoms with van der Waals surface area (Å²) in [5, 5.41) is 0.694. The normalized spacial score (nSPS) is 21.3. The highest BCUT2D eigenvalue weighted by Crippen LogP contribution is 2.33. The van der Waals surface area contributed by atoms with Crippen molar-refractivity contribution in [1.82, 2.24) is 4.90 Å². The summed E-state index contributed by atoms with van der Waals surface area (Å²) in [6, 6.07) is 5.97. The molecular weight excluding hydrogens is 250 g/mol. The van der Waals surface area contributed by atoms with Gasteiger partial charge in [-0.15, -0.1) is 0 Å². The van der Waals surface area contributed by atoms with Crippen LogP contribution in [-0.2, 0) is 11.2 Å². The first-order valence-corrected chi connectivity index (χ1v) is 6.82. The molecule has 18 heavy (non-hydrogen) atoms. The number of hydrogen-bond donors (Lipinski definition) is 0. The second-order valence-corrected chi connectivity index (χ2v) is 5.35. The molecule has 0 N–H and O–H groups in total. The number of ether oxygens (including phenoxy) is 1. The summed E-state index contributed by atoms with van der Waals surface area (Å²) < 4.78 is 5.73. The predicted octanol–water partition coefficient (Wildman–Crippen LogP) is 2.65. The van der Waals surface area contributed by atoms with Crippen molar-refractivity contribution >= 4 is 17.5 Å². The second kappa shape index (κ2) is 4.47. The number of likely N-dealkylation sites (N-methyl/N-ethyl adjacent to an activating group) is 1. The molecule has 0 aromatic heterocycles. The molecule has 3 nitrogen and oxygen atoms in total. The van der Waals surface area contributed by atoms with E-state index in [4.69, 9.17) is 16.3 Å². The number of fused-ring (bicyclic) bond motifs is 1. The van der Waals surface area contributed by atoms with Crippen molar-refractivity contribution in [3.05, 3.63) is 28.8 Å². The Labute approximate surface area is 112 Å². The van der Waals surface area contributed by atoms with Crippen molar-refractivity contribution < 1.29 is 9.53 Å². The number of halogens is 1. The smallest absolute Gasteiger partial charge is 0.264 e. The molecule has 1 aliphatic carbocycles. The van der Waals surface area contributed by atoms with Crippen molar-refractivity contribution in [2.45, 2.75) is 38.3 Å². The van der Waals surface area contributed by atoms with Crippen LogP contribution in [0.3, 0.4) is 0 Å². The monoisotopic (exact) mass is 265 g/mol. The molecular formula is C14H16ClNO2. The molecule has 1 aromatic rings. The average Bonchev–Trinajstić information content (AvgIpc) is 3.08. The minimum absolute atomic E-state index is 0.118. The maximum atomic E-state index is 12.4. The third-order valence-electron chi connectivity index (χ3n) is 3.58.